The van der Waals surface area contributed by atoms with Crippen LogP contribution in [0.2, 0.25) is 0 Å². The molecule has 0 aliphatic rings. The molecule has 2 rings (SSSR count). The number of nitrogen functional groups attached to an aromatic ring is 1. The number of terminal acetylenes is 1. The number of benzene rings is 1. The van der Waals surface area contributed by atoms with Crippen molar-refractivity contribution in [3.63, 3.8) is 0 Å². The maximum atomic E-state index is 11.3. The molecule has 0 saturated carbocycles. The molecule has 0 bridgehead atoms. The highest BCUT2D eigenvalue weighted by Crippen LogP contribution is 2.34. The Balaban J connectivity index is 2.59. The maximum absolute atomic E-state index is 11.3. The Morgan fingerprint density at radius 3 is 2.67 bits per heavy atom. The van der Waals surface area contributed by atoms with Crippen LogP contribution in [0.15, 0.2) is 18.2 Å². The minimum Gasteiger partial charge on any atom is -0.493 e. The van der Waals surface area contributed by atoms with E-state index in [2.05, 4.69) is 11.0 Å². The van der Waals surface area contributed by atoms with Gasteiger partial charge in [-0.15, -0.1) is 6.42 Å². The smallest absolute Gasteiger partial charge is 0.161 e. The Morgan fingerprint density at radius 1 is 1.38 bits per heavy atom. The largest absolute Gasteiger partial charge is 0.493 e. The molecule has 0 amide bonds. The molecule has 0 atom stereocenters. The lowest BCUT2D eigenvalue weighted by molar-refractivity contribution is 0.112. The highest BCUT2D eigenvalue weighted by molar-refractivity contribution is 5.91. The van der Waals surface area contributed by atoms with Gasteiger partial charge >= 0.3 is 0 Å². The first-order valence-corrected chi connectivity index (χ1v) is 6.13. The summed E-state index contributed by atoms with van der Waals surface area (Å²) in [7, 11) is 3.08. The third kappa shape index (κ3) is 2.54. The Morgan fingerprint density at radius 2 is 2.10 bits per heavy atom. The summed E-state index contributed by atoms with van der Waals surface area (Å²) < 4.78 is 11.8. The topological polar surface area (TPSA) is 79.4 Å². The van der Waals surface area contributed by atoms with Crippen molar-refractivity contribution in [1.29, 1.82) is 0 Å². The lowest BCUT2D eigenvalue weighted by Gasteiger charge is -2.08. The number of hydrogen-bond acceptors (Lipinski definition) is 5. The first kappa shape index (κ1) is 14.5. The summed E-state index contributed by atoms with van der Waals surface area (Å²) >= 11 is 0. The van der Waals surface area contributed by atoms with Crippen molar-refractivity contribution in [2.45, 2.75) is 6.54 Å². The number of hydrogen-bond donors (Lipinski definition) is 1. The van der Waals surface area contributed by atoms with Crippen LogP contribution < -0.4 is 15.2 Å². The number of aldehydes is 1. The molecule has 0 unspecified atom stereocenters. The zero-order chi connectivity index (χ0) is 15.4. The summed E-state index contributed by atoms with van der Waals surface area (Å²) in [6.45, 7) is 0.194. The molecule has 1 heterocycles. The second kappa shape index (κ2) is 6.01. The number of anilines is 1. The normalized spacial score (nSPS) is 9.95. The number of carbonyl (C=O) groups is 1. The van der Waals surface area contributed by atoms with Crippen LogP contribution in [0.3, 0.4) is 0 Å². The number of ether oxygens (including phenoxy) is 2. The molecule has 108 valence electrons. The lowest BCUT2D eigenvalue weighted by atomic mass is 10.1. The third-order valence-electron chi connectivity index (χ3n) is 3.05. The van der Waals surface area contributed by atoms with E-state index in [0.717, 1.165) is 0 Å². The van der Waals surface area contributed by atoms with E-state index in [0.29, 0.717) is 34.6 Å². The van der Waals surface area contributed by atoms with E-state index in [1.54, 1.807) is 25.3 Å². The number of methoxy groups -OCH3 is 2. The van der Waals surface area contributed by atoms with Crippen LogP contribution in [-0.4, -0.2) is 30.3 Å². The van der Waals surface area contributed by atoms with Crippen LogP contribution in [0.1, 0.15) is 10.4 Å². The average molecular weight is 285 g/mol. The number of aromatic nitrogens is 2. The van der Waals surface area contributed by atoms with Gasteiger partial charge in [-0.1, -0.05) is 5.92 Å². The third-order valence-corrected chi connectivity index (χ3v) is 3.05. The quantitative estimate of drug-likeness (QED) is 0.666. The molecule has 0 saturated heterocycles. The van der Waals surface area contributed by atoms with Crippen molar-refractivity contribution < 1.29 is 14.3 Å². The van der Waals surface area contributed by atoms with E-state index in [9.17, 15) is 4.79 Å². The predicted octanol–water partition coefficient (Wildman–Crippen LogP) is 1.60. The van der Waals surface area contributed by atoms with E-state index in [1.807, 2.05) is 0 Å². The fourth-order valence-corrected chi connectivity index (χ4v) is 2.01. The zero-order valence-corrected chi connectivity index (χ0v) is 11.8. The van der Waals surface area contributed by atoms with Crippen molar-refractivity contribution in [2.24, 2.45) is 0 Å². The molecule has 0 radical (unpaired) electrons. The van der Waals surface area contributed by atoms with E-state index >= 15 is 0 Å². The predicted molar refractivity (Wildman–Crippen MR) is 79.4 cm³/mol. The fraction of sp³-hybridized carbons (Fsp3) is 0.200. The summed E-state index contributed by atoms with van der Waals surface area (Å²) in [6, 6.07) is 5.24. The van der Waals surface area contributed by atoms with Gasteiger partial charge in [0, 0.05) is 5.56 Å². The number of nitrogens with zero attached hydrogens (tertiary/aromatic N) is 2. The number of rotatable bonds is 5. The fourth-order valence-electron chi connectivity index (χ4n) is 2.01. The summed E-state index contributed by atoms with van der Waals surface area (Å²) in [4.78, 5) is 11.3. The van der Waals surface area contributed by atoms with Crippen LogP contribution >= 0.6 is 0 Å². The van der Waals surface area contributed by atoms with Gasteiger partial charge < -0.3 is 15.2 Å². The van der Waals surface area contributed by atoms with Crippen LogP contribution in [0.25, 0.3) is 11.3 Å². The maximum Gasteiger partial charge on any atom is 0.161 e. The minimum atomic E-state index is 0.194. The van der Waals surface area contributed by atoms with Crippen molar-refractivity contribution in [1.82, 2.24) is 9.78 Å². The van der Waals surface area contributed by atoms with Gasteiger partial charge in [-0.3, -0.25) is 4.79 Å². The zero-order valence-electron chi connectivity index (χ0n) is 11.8. The molecular weight excluding hydrogens is 270 g/mol. The lowest BCUT2D eigenvalue weighted by Crippen LogP contribution is -2.03. The van der Waals surface area contributed by atoms with Gasteiger partial charge in [-0.05, 0) is 18.2 Å². The molecule has 6 heteroatoms. The van der Waals surface area contributed by atoms with E-state index < -0.39 is 0 Å². The minimum absolute atomic E-state index is 0.194. The molecule has 0 spiro atoms. The molecule has 0 aliphatic heterocycles. The summed E-state index contributed by atoms with van der Waals surface area (Å²) in [5.41, 5.74) is 7.33. The van der Waals surface area contributed by atoms with Crippen LogP contribution in [0, 0.1) is 12.3 Å². The van der Waals surface area contributed by atoms with Gasteiger partial charge in [0.15, 0.2) is 17.8 Å². The second-order valence-electron chi connectivity index (χ2n) is 4.20. The van der Waals surface area contributed by atoms with Crippen molar-refractivity contribution >= 4 is 12.1 Å². The average Bonchev–Trinajstić information content (AvgIpc) is 2.83. The van der Waals surface area contributed by atoms with Gasteiger partial charge in [0.1, 0.15) is 18.1 Å². The van der Waals surface area contributed by atoms with E-state index in [-0.39, 0.29) is 12.4 Å². The molecular formula is C15H15N3O3. The van der Waals surface area contributed by atoms with Gasteiger partial charge in [0.2, 0.25) is 0 Å². The van der Waals surface area contributed by atoms with Crippen molar-refractivity contribution in [2.75, 3.05) is 20.0 Å². The highest BCUT2D eigenvalue weighted by Gasteiger charge is 2.17. The summed E-state index contributed by atoms with van der Waals surface area (Å²) in [5, 5.41) is 4.29. The molecule has 21 heavy (non-hydrogen) atoms. The van der Waals surface area contributed by atoms with Crippen LogP contribution in [-0.2, 0) is 6.54 Å². The monoisotopic (exact) mass is 285 g/mol. The Labute approximate surface area is 122 Å². The van der Waals surface area contributed by atoms with Crippen molar-refractivity contribution in [3.8, 4) is 35.1 Å². The van der Waals surface area contributed by atoms with Crippen LogP contribution in [0.5, 0.6) is 11.5 Å². The Hall–Kier alpha value is -2.94. The first-order valence-electron chi connectivity index (χ1n) is 6.13. The molecule has 1 aromatic carbocycles. The molecule has 1 aromatic heterocycles. The Kier molecular flexibility index (Phi) is 4.14. The van der Waals surface area contributed by atoms with Crippen molar-refractivity contribution in [3.05, 3.63) is 23.8 Å². The van der Waals surface area contributed by atoms with Gasteiger partial charge in [0.05, 0.1) is 19.8 Å². The molecule has 2 N–H and O–H groups in total. The van der Waals surface area contributed by atoms with Gasteiger partial charge in [-0.25, -0.2) is 4.68 Å². The molecule has 6 nitrogen and oxygen atoms in total. The Bertz CT molecular complexity index is 714. The van der Waals surface area contributed by atoms with Crippen LogP contribution in [0.4, 0.5) is 5.82 Å². The molecule has 0 fully saturated rings. The molecule has 0 aliphatic carbocycles. The first-order chi connectivity index (χ1) is 10.2. The highest BCUT2D eigenvalue weighted by atomic mass is 16.5. The van der Waals surface area contributed by atoms with Gasteiger partial charge in [-0.2, -0.15) is 5.10 Å². The SMILES string of the molecule is C#CCn1nc(-c2ccc(OC)c(OC)c2)c(C=O)c1N. The number of nitrogens with two attached hydrogens (primary N) is 1. The summed E-state index contributed by atoms with van der Waals surface area (Å²) in [5.74, 6) is 3.81. The number of carbonyl (C=O) groups excluding carboxylic acids is 1. The standard InChI is InChI=1S/C15H15N3O3/c1-4-7-18-15(16)11(9-19)14(17-18)10-5-6-12(20-2)13(8-10)21-3/h1,5-6,8-9H,7,16H2,2-3H3. The second-order valence-corrected chi connectivity index (χ2v) is 4.20. The molecule has 2 aromatic rings. The van der Waals surface area contributed by atoms with E-state index in [4.69, 9.17) is 21.6 Å². The van der Waals surface area contributed by atoms with E-state index in [1.165, 1.54) is 11.8 Å². The summed E-state index contributed by atoms with van der Waals surface area (Å²) in [6.07, 6.45) is 5.93. The van der Waals surface area contributed by atoms with Gasteiger partial charge in [0.25, 0.3) is 0 Å².